The molecule has 6 nitrogen and oxygen atoms in total. The molecule has 4 rings (SSSR count). The third-order valence-electron chi connectivity index (χ3n) is 5.98. The minimum Gasteiger partial charge on any atom is -0.342 e. The fourth-order valence-corrected chi connectivity index (χ4v) is 5.27. The zero-order chi connectivity index (χ0) is 22.0. The van der Waals surface area contributed by atoms with Gasteiger partial charge in [-0.2, -0.15) is 0 Å². The monoisotopic (exact) mass is 443 g/mol. The van der Waals surface area contributed by atoms with E-state index in [1.807, 2.05) is 11.8 Å². The first-order valence-electron chi connectivity index (χ1n) is 10.7. The van der Waals surface area contributed by atoms with Crippen LogP contribution in [0.4, 0.5) is 9.39 Å². The number of likely N-dealkylation sites (tertiary alicyclic amines) is 2. The van der Waals surface area contributed by atoms with Crippen LogP contribution in [0.15, 0.2) is 30.3 Å². The summed E-state index contributed by atoms with van der Waals surface area (Å²) >= 11 is 1.22. The van der Waals surface area contributed by atoms with Crippen LogP contribution in [-0.4, -0.2) is 53.7 Å². The van der Waals surface area contributed by atoms with Crippen molar-refractivity contribution in [3.05, 3.63) is 52.2 Å². The summed E-state index contributed by atoms with van der Waals surface area (Å²) in [6, 6.07) is 7.24. The molecule has 0 bridgehead atoms. The van der Waals surface area contributed by atoms with E-state index in [1.165, 1.54) is 29.5 Å². The van der Waals surface area contributed by atoms with E-state index in [0.29, 0.717) is 35.8 Å². The van der Waals surface area contributed by atoms with Crippen molar-refractivity contribution >= 4 is 34.1 Å². The molecule has 164 valence electrons. The predicted molar refractivity (Wildman–Crippen MR) is 118 cm³/mol. The molecule has 2 aliphatic rings. The van der Waals surface area contributed by atoms with Crippen molar-refractivity contribution in [3.8, 4) is 0 Å². The SMILES string of the molecule is Cc1cc(NC(=O)c2cccc(F)c2)sc1C(=O)N1CCC(C(=O)N2CCCC2)CC1. The summed E-state index contributed by atoms with van der Waals surface area (Å²) < 4.78 is 13.4. The Morgan fingerprint density at radius 2 is 1.74 bits per heavy atom. The van der Waals surface area contributed by atoms with Crippen molar-refractivity contribution < 1.29 is 18.8 Å². The van der Waals surface area contributed by atoms with Crippen LogP contribution in [0.3, 0.4) is 0 Å². The van der Waals surface area contributed by atoms with Crippen LogP contribution in [0.5, 0.6) is 0 Å². The van der Waals surface area contributed by atoms with Gasteiger partial charge in [-0.05, 0) is 62.4 Å². The van der Waals surface area contributed by atoms with E-state index in [2.05, 4.69) is 5.32 Å². The molecule has 2 aromatic rings. The van der Waals surface area contributed by atoms with Crippen LogP contribution < -0.4 is 5.32 Å². The first-order chi connectivity index (χ1) is 14.9. The maximum Gasteiger partial charge on any atom is 0.264 e. The molecule has 0 spiro atoms. The van der Waals surface area contributed by atoms with Crippen LogP contribution in [0.2, 0.25) is 0 Å². The second-order valence-electron chi connectivity index (χ2n) is 8.19. The van der Waals surface area contributed by atoms with E-state index in [9.17, 15) is 18.8 Å². The molecule has 1 aromatic heterocycles. The number of rotatable bonds is 4. The molecule has 2 saturated heterocycles. The standard InChI is InChI=1S/C23H26FN3O3S/c1-15-13-19(25-21(28)17-5-4-6-18(24)14-17)31-20(15)23(30)27-11-7-16(8-12-27)22(29)26-9-2-3-10-26/h4-6,13-14,16H,2-3,7-12H2,1H3,(H,25,28). The van der Waals surface area contributed by atoms with E-state index in [1.54, 1.807) is 17.0 Å². The number of benzene rings is 1. The molecule has 31 heavy (non-hydrogen) atoms. The van der Waals surface area contributed by atoms with Crippen molar-refractivity contribution in [1.29, 1.82) is 0 Å². The molecule has 0 radical (unpaired) electrons. The van der Waals surface area contributed by atoms with Crippen LogP contribution in [-0.2, 0) is 4.79 Å². The van der Waals surface area contributed by atoms with Gasteiger partial charge < -0.3 is 15.1 Å². The first kappa shape index (κ1) is 21.5. The molecular formula is C23H26FN3O3S. The van der Waals surface area contributed by atoms with Gasteiger partial charge in [0, 0.05) is 37.7 Å². The normalized spacial score (nSPS) is 17.1. The van der Waals surface area contributed by atoms with Gasteiger partial charge in [0.05, 0.1) is 9.88 Å². The Morgan fingerprint density at radius 1 is 1.03 bits per heavy atom. The van der Waals surface area contributed by atoms with Crippen LogP contribution >= 0.6 is 11.3 Å². The maximum absolute atomic E-state index is 13.4. The van der Waals surface area contributed by atoms with Gasteiger partial charge in [0.1, 0.15) is 5.82 Å². The van der Waals surface area contributed by atoms with Gasteiger partial charge in [0.25, 0.3) is 11.8 Å². The smallest absolute Gasteiger partial charge is 0.264 e. The number of piperidine rings is 1. The van der Waals surface area contributed by atoms with E-state index in [4.69, 9.17) is 0 Å². The van der Waals surface area contributed by atoms with Gasteiger partial charge in [-0.15, -0.1) is 11.3 Å². The summed E-state index contributed by atoms with van der Waals surface area (Å²) in [6.45, 7) is 4.68. The molecule has 8 heteroatoms. The average molecular weight is 444 g/mol. The Morgan fingerprint density at radius 3 is 2.42 bits per heavy atom. The number of hydrogen-bond donors (Lipinski definition) is 1. The molecule has 2 aliphatic heterocycles. The molecule has 0 unspecified atom stereocenters. The summed E-state index contributed by atoms with van der Waals surface area (Å²) in [5.74, 6) is -0.716. The highest BCUT2D eigenvalue weighted by Crippen LogP contribution is 2.30. The molecule has 1 aromatic carbocycles. The van der Waals surface area contributed by atoms with Crippen molar-refractivity contribution in [2.45, 2.75) is 32.6 Å². The van der Waals surface area contributed by atoms with Crippen LogP contribution in [0.25, 0.3) is 0 Å². The Balaban J connectivity index is 1.36. The molecule has 0 atom stereocenters. The molecule has 0 aliphatic carbocycles. The Hall–Kier alpha value is -2.74. The number of hydrogen-bond acceptors (Lipinski definition) is 4. The van der Waals surface area contributed by atoms with Gasteiger partial charge >= 0.3 is 0 Å². The lowest BCUT2D eigenvalue weighted by Crippen LogP contribution is -2.43. The lowest BCUT2D eigenvalue weighted by atomic mass is 9.95. The van der Waals surface area contributed by atoms with Gasteiger partial charge in [-0.25, -0.2) is 4.39 Å². The number of carbonyl (C=O) groups excluding carboxylic acids is 3. The highest BCUT2D eigenvalue weighted by molar-refractivity contribution is 7.18. The van der Waals surface area contributed by atoms with E-state index in [-0.39, 0.29) is 23.3 Å². The lowest BCUT2D eigenvalue weighted by Gasteiger charge is -2.33. The number of thiophene rings is 1. The third-order valence-corrected chi connectivity index (χ3v) is 7.13. The van der Waals surface area contributed by atoms with Crippen molar-refractivity contribution in [1.82, 2.24) is 9.80 Å². The number of nitrogens with zero attached hydrogens (tertiary/aromatic N) is 2. The summed E-state index contributed by atoms with van der Waals surface area (Å²) in [4.78, 5) is 42.4. The minimum absolute atomic E-state index is 0.00713. The Labute approximate surface area is 185 Å². The fourth-order valence-electron chi connectivity index (χ4n) is 4.24. The quantitative estimate of drug-likeness (QED) is 0.779. The van der Waals surface area contributed by atoms with Crippen molar-refractivity contribution in [2.75, 3.05) is 31.5 Å². The Bertz CT molecular complexity index is 992. The average Bonchev–Trinajstić information content (AvgIpc) is 3.43. The zero-order valence-electron chi connectivity index (χ0n) is 17.5. The minimum atomic E-state index is -0.475. The Kier molecular flexibility index (Phi) is 6.36. The lowest BCUT2D eigenvalue weighted by molar-refractivity contribution is -0.135. The van der Waals surface area contributed by atoms with E-state index in [0.717, 1.165) is 31.5 Å². The molecule has 1 N–H and O–H groups in total. The maximum atomic E-state index is 13.4. The van der Waals surface area contributed by atoms with Crippen molar-refractivity contribution in [2.24, 2.45) is 5.92 Å². The van der Waals surface area contributed by atoms with Crippen LogP contribution in [0.1, 0.15) is 51.3 Å². The van der Waals surface area contributed by atoms with Gasteiger partial charge in [-0.1, -0.05) is 6.07 Å². The van der Waals surface area contributed by atoms with Gasteiger partial charge in [0.15, 0.2) is 0 Å². The highest BCUT2D eigenvalue weighted by Gasteiger charge is 2.32. The highest BCUT2D eigenvalue weighted by atomic mass is 32.1. The van der Waals surface area contributed by atoms with Crippen molar-refractivity contribution in [3.63, 3.8) is 0 Å². The van der Waals surface area contributed by atoms with Gasteiger partial charge in [0.2, 0.25) is 5.91 Å². The number of anilines is 1. The number of nitrogens with one attached hydrogen (secondary N) is 1. The predicted octanol–water partition coefficient (Wildman–Crippen LogP) is 3.92. The number of amides is 3. The second-order valence-corrected chi connectivity index (χ2v) is 9.24. The topological polar surface area (TPSA) is 69.7 Å². The third kappa shape index (κ3) is 4.79. The summed E-state index contributed by atoms with van der Waals surface area (Å²) in [5.41, 5.74) is 1.02. The molecule has 0 saturated carbocycles. The number of carbonyl (C=O) groups is 3. The van der Waals surface area contributed by atoms with E-state index >= 15 is 0 Å². The zero-order valence-corrected chi connectivity index (χ0v) is 18.3. The van der Waals surface area contributed by atoms with Gasteiger partial charge in [-0.3, -0.25) is 14.4 Å². The number of halogens is 1. The largest absolute Gasteiger partial charge is 0.342 e. The second kappa shape index (κ2) is 9.18. The fraction of sp³-hybridized carbons (Fsp3) is 0.435. The molecule has 2 fully saturated rings. The molecule has 3 amide bonds. The first-order valence-corrected chi connectivity index (χ1v) is 11.5. The summed E-state index contributed by atoms with van der Waals surface area (Å²) in [6.07, 6.45) is 3.54. The van der Waals surface area contributed by atoms with Crippen LogP contribution in [0, 0.1) is 18.7 Å². The molecular weight excluding hydrogens is 417 g/mol. The van der Waals surface area contributed by atoms with E-state index < -0.39 is 11.7 Å². The summed E-state index contributed by atoms with van der Waals surface area (Å²) in [7, 11) is 0. The summed E-state index contributed by atoms with van der Waals surface area (Å²) in [5, 5.41) is 3.30. The molecule has 3 heterocycles. The number of aryl methyl sites for hydroxylation is 1.